The highest BCUT2D eigenvalue weighted by Gasteiger charge is 2.38. The van der Waals surface area contributed by atoms with Crippen LogP contribution in [0.5, 0.6) is 0 Å². The van der Waals surface area contributed by atoms with Gasteiger partial charge in [-0.2, -0.15) is 0 Å². The SMILES string of the molecule is CNCCC1CCN(C(=O)C2CC(=O)N(c3ccc(SC)cc3)C2)CC1.Cl. The Bertz CT molecular complexity index is 633. The van der Waals surface area contributed by atoms with Crippen LogP contribution >= 0.6 is 24.2 Å². The molecule has 2 saturated heterocycles. The number of carbonyl (C=O) groups excluding carboxylic acids is 2. The van der Waals surface area contributed by atoms with Gasteiger partial charge in [0.15, 0.2) is 0 Å². The summed E-state index contributed by atoms with van der Waals surface area (Å²) in [6.07, 6.45) is 5.71. The van der Waals surface area contributed by atoms with Gasteiger partial charge in [0.05, 0.1) is 5.92 Å². The van der Waals surface area contributed by atoms with Crippen molar-refractivity contribution in [2.75, 3.05) is 44.4 Å². The molecule has 0 radical (unpaired) electrons. The average Bonchev–Trinajstić information content (AvgIpc) is 3.08. The molecule has 7 heteroatoms. The summed E-state index contributed by atoms with van der Waals surface area (Å²) < 4.78 is 0. The molecule has 27 heavy (non-hydrogen) atoms. The number of likely N-dealkylation sites (tertiary alicyclic amines) is 1. The molecule has 3 rings (SSSR count). The summed E-state index contributed by atoms with van der Waals surface area (Å²) in [4.78, 5) is 30.2. The van der Waals surface area contributed by atoms with Gasteiger partial charge in [-0.05, 0) is 69.3 Å². The van der Waals surface area contributed by atoms with E-state index in [-0.39, 0.29) is 30.1 Å². The molecule has 1 aromatic rings. The Balaban J connectivity index is 0.00000261. The normalized spacial score (nSPS) is 20.7. The first-order valence-electron chi connectivity index (χ1n) is 9.50. The molecule has 5 nitrogen and oxygen atoms in total. The van der Waals surface area contributed by atoms with Gasteiger partial charge >= 0.3 is 0 Å². The number of carbonyl (C=O) groups is 2. The lowest BCUT2D eigenvalue weighted by molar-refractivity contribution is -0.137. The van der Waals surface area contributed by atoms with E-state index in [0.717, 1.165) is 38.2 Å². The summed E-state index contributed by atoms with van der Waals surface area (Å²) in [5.74, 6) is 0.734. The van der Waals surface area contributed by atoms with Crippen molar-refractivity contribution in [3.63, 3.8) is 0 Å². The molecule has 2 aliphatic heterocycles. The van der Waals surface area contributed by atoms with Crippen LogP contribution in [0.2, 0.25) is 0 Å². The first-order chi connectivity index (χ1) is 12.6. The number of nitrogens with one attached hydrogen (secondary N) is 1. The van der Waals surface area contributed by atoms with Gasteiger partial charge in [0.1, 0.15) is 0 Å². The molecule has 2 fully saturated rings. The Labute approximate surface area is 172 Å². The zero-order chi connectivity index (χ0) is 18.5. The number of thioether (sulfide) groups is 1. The minimum atomic E-state index is -0.198. The van der Waals surface area contributed by atoms with E-state index in [9.17, 15) is 9.59 Å². The van der Waals surface area contributed by atoms with Crippen LogP contribution in [0, 0.1) is 11.8 Å². The van der Waals surface area contributed by atoms with Gasteiger partial charge < -0.3 is 15.1 Å². The Hall–Kier alpha value is -1.24. The van der Waals surface area contributed by atoms with E-state index in [1.54, 1.807) is 16.7 Å². The smallest absolute Gasteiger partial charge is 0.228 e. The molecule has 2 amide bonds. The lowest BCUT2D eigenvalue weighted by atomic mass is 9.92. The quantitative estimate of drug-likeness (QED) is 0.731. The second-order valence-corrected chi connectivity index (χ2v) is 8.14. The molecule has 0 spiro atoms. The molecular weight excluding hydrogens is 382 g/mol. The van der Waals surface area contributed by atoms with Gasteiger partial charge in [0.2, 0.25) is 11.8 Å². The fourth-order valence-corrected chi connectivity index (χ4v) is 4.34. The Kier molecular flexibility index (Phi) is 8.45. The molecule has 150 valence electrons. The van der Waals surface area contributed by atoms with Crippen molar-refractivity contribution in [1.82, 2.24) is 10.2 Å². The van der Waals surface area contributed by atoms with Crippen molar-refractivity contribution >= 4 is 41.7 Å². The number of benzene rings is 1. The zero-order valence-electron chi connectivity index (χ0n) is 16.1. The standard InChI is InChI=1S/C20H29N3O2S.ClH/c1-21-10-7-15-8-11-22(12-9-15)20(25)16-13-19(24)23(14-16)17-3-5-18(26-2)6-4-17;/h3-6,15-16,21H,7-14H2,1-2H3;1H. The fraction of sp³-hybridized carbons (Fsp3) is 0.600. The highest BCUT2D eigenvalue weighted by molar-refractivity contribution is 7.98. The van der Waals surface area contributed by atoms with Crippen molar-refractivity contribution in [2.45, 2.75) is 30.6 Å². The summed E-state index contributed by atoms with van der Waals surface area (Å²) in [7, 11) is 1.98. The lowest BCUT2D eigenvalue weighted by Gasteiger charge is -2.33. The maximum atomic E-state index is 12.9. The summed E-state index contributed by atoms with van der Waals surface area (Å²) in [6, 6.07) is 8.00. The second kappa shape index (κ2) is 10.3. The van der Waals surface area contributed by atoms with Crippen molar-refractivity contribution < 1.29 is 9.59 Å². The highest BCUT2D eigenvalue weighted by atomic mass is 35.5. The van der Waals surface area contributed by atoms with Gasteiger partial charge in [-0.25, -0.2) is 0 Å². The maximum Gasteiger partial charge on any atom is 0.228 e. The number of anilines is 1. The van der Waals surface area contributed by atoms with Crippen LogP contribution < -0.4 is 10.2 Å². The Morgan fingerprint density at radius 3 is 2.48 bits per heavy atom. The third-order valence-corrected chi connectivity index (χ3v) is 6.33. The molecule has 1 unspecified atom stereocenters. The number of piperidine rings is 1. The third-order valence-electron chi connectivity index (χ3n) is 5.59. The Morgan fingerprint density at radius 2 is 1.89 bits per heavy atom. The first-order valence-corrected chi connectivity index (χ1v) is 10.7. The van der Waals surface area contributed by atoms with Gasteiger partial charge in [-0.1, -0.05) is 0 Å². The lowest BCUT2D eigenvalue weighted by Crippen LogP contribution is -2.42. The molecule has 1 aromatic carbocycles. The number of hydrogen-bond donors (Lipinski definition) is 1. The average molecular weight is 412 g/mol. The van der Waals surface area contributed by atoms with Gasteiger partial charge in [-0.15, -0.1) is 24.2 Å². The topological polar surface area (TPSA) is 52.7 Å². The van der Waals surface area contributed by atoms with Crippen LogP contribution in [-0.2, 0) is 9.59 Å². The number of amides is 2. The minimum Gasteiger partial charge on any atom is -0.342 e. The maximum absolute atomic E-state index is 12.9. The van der Waals surface area contributed by atoms with Gasteiger partial charge in [0.25, 0.3) is 0 Å². The third kappa shape index (κ3) is 5.39. The molecule has 1 N–H and O–H groups in total. The van der Waals surface area contributed by atoms with Crippen LogP contribution in [0.1, 0.15) is 25.7 Å². The molecule has 0 bridgehead atoms. The van der Waals surface area contributed by atoms with E-state index in [1.165, 1.54) is 11.3 Å². The van der Waals surface area contributed by atoms with E-state index in [0.29, 0.717) is 18.9 Å². The Morgan fingerprint density at radius 1 is 1.22 bits per heavy atom. The summed E-state index contributed by atoms with van der Waals surface area (Å²) in [6.45, 7) is 3.22. The number of halogens is 1. The second-order valence-electron chi connectivity index (χ2n) is 7.26. The van der Waals surface area contributed by atoms with Crippen LogP contribution in [0.4, 0.5) is 5.69 Å². The van der Waals surface area contributed by atoms with Gasteiger partial charge in [0, 0.05) is 36.6 Å². The van der Waals surface area contributed by atoms with Crippen molar-refractivity contribution in [3.05, 3.63) is 24.3 Å². The number of nitrogens with zero attached hydrogens (tertiary/aromatic N) is 2. The van der Waals surface area contributed by atoms with Crippen molar-refractivity contribution in [1.29, 1.82) is 0 Å². The summed E-state index contributed by atoms with van der Waals surface area (Å²) in [5.41, 5.74) is 0.897. The predicted molar refractivity (Wildman–Crippen MR) is 114 cm³/mol. The number of rotatable bonds is 6. The van der Waals surface area contributed by atoms with Crippen LogP contribution in [-0.4, -0.2) is 56.2 Å². The molecule has 0 aromatic heterocycles. The fourth-order valence-electron chi connectivity index (χ4n) is 3.93. The van der Waals surface area contributed by atoms with E-state index in [1.807, 2.05) is 42.5 Å². The minimum absolute atomic E-state index is 0. The summed E-state index contributed by atoms with van der Waals surface area (Å²) >= 11 is 1.68. The van der Waals surface area contributed by atoms with E-state index in [2.05, 4.69) is 5.32 Å². The highest BCUT2D eigenvalue weighted by Crippen LogP contribution is 2.29. The van der Waals surface area contributed by atoms with Crippen LogP contribution in [0.15, 0.2) is 29.2 Å². The van der Waals surface area contributed by atoms with Crippen molar-refractivity contribution in [3.8, 4) is 0 Å². The molecule has 2 aliphatic rings. The predicted octanol–water partition coefficient (Wildman–Crippen LogP) is 3.03. The molecule has 1 atom stereocenters. The largest absolute Gasteiger partial charge is 0.342 e. The monoisotopic (exact) mass is 411 g/mol. The van der Waals surface area contributed by atoms with Gasteiger partial charge in [-0.3, -0.25) is 9.59 Å². The molecule has 2 heterocycles. The molecule has 0 aliphatic carbocycles. The van der Waals surface area contributed by atoms with E-state index in [4.69, 9.17) is 0 Å². The van der Waals surface area contributed by atoms with Crippen LogP contribution in [0.3, 0.4) is 0 Å². The van der Waals surface area contributed by atoms with E-state index >= 15 is 0 Å². The summed E-state index contributed by atoms with van der Waals surface area (Å²) in [5, 5.41) is 3.20. The van der Waals surface area contributed by atoms with E-state index < -0.39 is 0 Å². The first kappa shape index (κ1) is 22.1. The molecular formula is C20H30ClN3O2S. The van der Waals surface area contributed by atoms with Crippen molar-refractivity contribution in [2.24, 2.45) is 11.8 Å². The zero-order valence-corrected chi connectivity index (χ0v) is 17.8. The van der Waals surface area contributed by atoms with Crippen LogP contribution in [0.25, 0.3) is 0 Å². The molecule has 0 saturated carbocycles. The number of hydrogen-bond acceptors (Lipinski definition) is 4.